The number of carbonyl (C=O) groups excluding carboxylic acids is 2. The first-order chi connectivity index (χ1) is 11.1. The van der Waals surface area contributed by atoms with Crippen LogP contribution < -0.4 is 0 Å². The molecule has 1 heterocycles. The van der Waals surface area contributed by atoms with Gasteiger partial charge in [0.05, 0.1) is 5.56 Å². The van der Waals surface area contributed by atoms with E-state index in [0.29, 0.717) is 24.7 Å². The van der Waals surface area contributed by atoms with E-state index in [1.165, 1.54) is 30.2 Å². The summed E-state index contributed by atoms with van der Waals surface area (Å²) in [5.74, 6) is -0.903. The van der Waals surface area contributed by atoms with Crippen LogP contribution in [-0.2, 0) is 4.79 Å². The Balaban J connectivity index is 1.70. The van der Waals surface area contributed by atoms with E-state index in [1.54, 1.807) is 19.1 Å². The smallest absolute Gasteiger partial charge is 0.257 e. The van der Waals surface area contributed by atoms with Crippen molar-refractivity contribution in [1.82, 2.24) is 9.80 Å². The van der Waals surface area contributed by atoms with Gasteiger partial charge in [-0.05, 0) is 31.4 Å². The topological polar surface area (TPSA) is 40.6 Å². The van der Waals surface area contributed by atoms with E-state index in [4.69, 9.17) is 0 Å². The number of rotatable bonds is 2. The molecule has 1 saturated carbocycles. The van der Waals surface area contributed by atoms with E-state index >= 15 is 0 Å². The Labute approximate surface area is 136 Å². The summed E-state index contributed by atoms with van der Waals surface area (Å²) in [6.45, 7) is 2.82. The lowest BCUT2D eigenvalue weighted by molar-refractivity contribution is -0.138. The van der Waals surface area contributed by atoms with Gasteiger partial charge < -0.3 is 9.80 Å². The molecule has 2 aliphatic rings. The molecule has 1 saturated heterocycles. The van der Waals surface area contributed by atoms with Crippen molar-refractivity contribution in [2.45, 2.75) is 45.1 Å². The Morgan fingerprint density at radius 1 is 1.17 bits per heavy atom. The first kappa shape index (κ1) is 16.0. The molecular weight excluding hydrogens is 295 g/mol. The van der Waals surface area contributed by atoms with Crippen molar-refractivity contribution < 1.29 is 14.0 Å². The Morgan fingerprint density at radius 2 is 1.91 bits per heavy atom. The van der Waals surface area contributed by atoms with Crippen LogP contribution in [0.1, 0.15) is 48.0 Å². The van der Waals surface area contributed by atoms with Crippen LogP contribution >= 0.6 is 0 Å². The van der Waals surface area contributed by atoms with Crippen LogP contribution in [0.15, 0.2) is 18.2 Å². The molecule has 3 rings (SSSR count). The maximum atomic E-state index is 14.0. The Morgan fingerprint density at radius 3 is 2.57 bits per heavy atom. The lowest BCUT2D eigenvalue weighted by Crippen LogP contribution is -2.55. The number of benzene rings is 1. The van der Waals surface area contributed by atoms with E-state index in [2.05, 4.69) is 0 Å². The Kier molecular flexibility index (Phi) is 4.64. The normalized spacial score (nSPS) is 20.0. The van der Waals surface area contributed by atoms with Gasteiger partial charge in [-0.3, -0.25) is 9.59 Å². The average molecular weight is 318 g/mol. The molecule has 1 aromatic rings. The van der Waals surface area contributed by atoms with E-state index in [0.717, 1.165) is 12.8 Å². The SMILES string of the molecule is Cc1cccc(F)c1C(=O)N1CCN(C2CCCCC2)C(=O)C1. The highest BCUT2D eigenvalue weighted by Crippen LogP contribution is 2.25. The van der Waals surface area contributed by atoms with Crippen LogP contribution in [0.2, 0.25) is 0 Å². The van der Waals surface area contributed by atoms with Gasteiger partial charge in [0.25, 0.3) is 5.91 Å². The minimum Gasteiger partial charge on any atom is -0.336 e. The van der Waals surface area contributed by atoms with Crippen molar-refractivity contribution in [3.05, 3.63) is 35.1 Å². The van der Waals surface area contributed by atoms with Crippen LogP contribution in [0.3, 0.4) is 0 Å². The van der Waals surface area contributed by atoms with Crippen molar-refractivity contribution in [3.8, 4) is 0 Å². The largest absolute Gasteiger partial charge is 0.336 e. The zero-order valence-corrected chi connectivity index (χ0v) is 13.6. The molecule has 23 heavy (non-hydrogen) atoms. The molecule has 0 radical (unpaired) electrons. The molecule has 2 fully saturated rings. The number of halogens is 1. The predicted molar refractivity (Wildman–Crippen MR) is 85.6 cm³/mol. The first-order valence-electron chi connectivity index (χ1n) is 8.42. The van der Waals surface area contributed by atoms with Crippen LogP contribution in [-0.4, -0.2) is 47.3 Å². The molecule has 0 atom stereocenters. The van der Waals surface area contributed by atoms with Gasteiger partial charge in [-0.25, -0.2) is 4.39 Å². The second kappa shape index (κ2) is 6.69. The van der Waals surface area contributed by atoms with Crippen molar-refractivity contribution >= 4 is 11.8 Å². The predicted octanol–water partition coefficient (Wildman–Crippen LogP) is 2.75. The molecule has 0 bridgehead atoms. The molecule has 0 N–H and O–H groups in total. The number of nitrogens with zero attached hydrogens (tertiary/aromatic N) is 2. The standard InChI is InChI=1S/C18H23FN2O2/c1-13-6-5-9-15(19)17(13)18(23)20-10-11-21(16(22)12-20)14-7-3-2-4-8-14/h5-6,9,14H,2-4,7-8,10-12H2,1H3. The van der Waals surface area contributed by atoms with Gasteiger partial charge in [-0.2, -0.15) is 0 Å². The number of hydrogen-bond donors (Lipinski definition) is 0. The summed E-state index contributed by atoms with van der Waals surface area (Å²) >= 11 is 0. The minimum absolute atomic E-state index is 0.00880. The molecule has 4 nitrogen and oxygen atoms in total. The van der Waals surface area contributed by atoms with Gasteiger partial charge in [-0.15, -0.1) is 0 Å². The molecule has 0 aromatic heterocycles. The summed E-state index contributed by atoms with van der Waals surface area (Å²) in [7, 11) is 0. The molecular formula is C18H23FN2O2. The maximum absolute atomic E-state index is 14.0. The summed E-state index contributed by atoms with van der Waals surface area (Å²) in [5, 5.41) is 0. The van der Waals surface area contributed by atoms with Crippen molar-refractivity contribution in [1.29, 1.82) is 0 Å². The third-order valence-electron chi connectivity index (χ3n) is 5.00. The molecule has 1 aromatic carbocycles. The van der Waals surface area contributed by atoms with Crippen LogP contribution in [0, 0.1) is 12.7 Å². The molecule has 124 valence electrons. The molecule has 0 unspecified atom stereocenters. The lowest BCUT2D eigenvalue weighted by Gasteiger charge is -2.40. The van der Waals surface area contributed by atoms with Gasteiger partial charge in [0.2, 0.25) is 5.91 Å². The Bertz CT molecular complexity index is 591. The van der Waals surface area contributed by atoms with E-state index in [-0.39, 0.29) is 23.9 Å². The third kappa shape index (κ3) is 3.23. The van der Waals surface area contributed by atoms with Gasteiger partial charge in [0, 0.05) is 19.1 Å². The highest BCUT2D eigenvalue weighted by Gasteiger charge is 2.33. The average Bonchev–Trinajstić information content (AvgIpc) is 2.55. The fraction of sp³-hybridized carbons (Fsp3) is 0.556. The molecule has 2 amide bonds. The highest BCUT2D eigenvalue weighted by atomic mass is 19.1. The van der Waals surface area contributed by atoms with Crippen molar-refractivity contribution in [2.75, 3.05) is 19.6 Å². The van der Waals surface area contributed by atoms with E-state index in [1.807, 2.05) is 4.90 Å². The summed E-state index contributed by atoms with van der Waals surface area (Å²) in [4.78, 5) is 28.4. The van der Waals surface area contributed by atoms with Crippen LogP contribution in [0.5, 0.6) is 0 Å². The first-order valence-corrected chi connectivity index (χ1v) is 8.42. The minimum atomic E-state index is -0.517. The quantitative estimate of drug-likeness (QED) is 0.841. The summed E-state index contributed by atoms with van der Waals surface area (Å²) in [6, 6.07) is 4.92. The molecule has 0 spiro atoms. The van der Waals surface area contributed by atoms with Gasteiger partial charge in [0.1, 0.15) is 12.4 Å². The summed E-state index contributed by atoms with van der Waals surface area (Å²) < 4.78 is 14.0. The zero-order chi connectivity index (χ0) is 16.4. The molecule has 1 aliphatic carbocycles. The number of amides is 2. The number of aryl methyl sites for hydroxylation is 1. The second-order valence-corrected chi connectivity index (χ2v) is 6.54. The fourth-order valence-corrected chi connectivity index (χ4v) is 3.70. The summed E-state index contributed by atoms with van der Waals surface area (Å²) in [6.07, 6.45) is 5.71. The lowest BCUT2D eigenvalue weighted by atomic mass is 9.93. The third-order valence-corrected chi connectivity index (χ3v) is 5.00. The van der Waals surface area contributed by atoms with Gasteiger partial charge >= 0.3 is 0 Å². The Hall–Kier alpha value is -1.91. The second-order valence-electron chi connectivity index (χ2n) is 6.54. The number of piperazine rings is 1. The molecule has 5 heteroatoms. The van der Waals surface area contributed by atoms with Crippen molar-refractivity contribution in [3.63, 3.8) is 0 Å². The van der Waals surface area contributed by atoms with Crippen molar-refractivity contribution in [2.24, 2.45) is 0 Å². The van der Waals surface area contributed by atoms with E-state index in [9.17, 15) is 14.0 Å². The maximum Gasteiger partial charge on any atom is 0.257 e. The van der Waals surface area contributed by atoms with Gasteiger partial charge in [0.15, 0.2) is 0 Å². The van der Waals surface area contributed by atoms with E-state index < -0.39 is 5.82 Å². The fourth-order valence-electron chi connectivity index (χ4n) is 3.70. The highest BCUT2D eigenvalue weighted by molar-refractivity contribution is 5.98. The number of hydrogen-bond acceptors (Lipinski definition) is 2. The zero-order valence-electron chi connectivity index (χ0n) is 13.6. The van der Waals surface area contributed by atoms with Crippen LogP contribution in [0.25, 0.3) is 0 Å². The monoisotopic (exact) mass is 318 g/mol. The molecule has 1 aliphatic heterocycles. The van der Waals surface area contributed by atoms with Gasteiger partial charge in [-0.1, -0.05) is 31.4 Å². The summed E-state index contributed by atoms with van der Waals surface area (Å²) in [5.41, 5.74) is 0.698. The number of carbonyl (C=O) groups is 2. The van der Waals surface area contributed by atoms with Crippen LogP contribution in [0.4, 0.5) is 4.39 Å².